The summed E-state index contributed by atoms with van der Waals surface area (Å²) in [4.78, 5) is 22.6. The zero-order valence-electron chi connectivity index (χ0n) is 9.66. The molecule has 0 radical (unpaired) electrons. The van der Waals surface area contributed by atoms with Crippen molar-refractivity contribution >= 4 is 11.9 Å². The number of aliphatic hydroxyl groups excluding tert-OH is 1. The number of rotatable bonds is 5. The summed E-state index contributed by atoms with van der Waals surface area (Å²) in [5.74, 6) is -0.982. The van der Waals surface area contributed by atoms with Crippen molar-refractivity contribution < 1.29 is 19.4 Å². The third kappa shape index (κ3) is 2.92. The van der Waals surface area contributed by atoms with E-state index in [1.165, 1.54) is 14.0 Å². The Morgan fingerprint density at radius 1 is 1.47 bits per heavy atom. The SMILES string of the molecule is CC[C@H](O)[C@](CC)(NC(C)=O)C(=O)OC. The Morgan fingerprint density at radius 2 is 2.00 bits per heavy atom. The molecule has 0 aromatic heterocycles. The smallest absolute Gasteiger partial charge is 0.334 e. The van der Waals surface area contributed by atoms with Crippen LogP contribution in [0, 0.1) is 0 Å². The van der Waals surface area contributed by atoms with Crippen molar-refractivity contribution in [2.45, 2.75) is 45.3 Å². The Morgan fingerprint density at radius 3 is 2.27 bits per heavy atom. The standard InChI is InChI=1S/C10H19NO4/c1-5-8(13)10(6-2,9(14)15-4)11-7(3)12/h8,13H,5-6H2,1-4H3,(H,11,12)/t8-,10-/m0/s1. The molecule has 5 heteroatoms. The first-order valence-corrected chi connectivity index (χ1v) is 4.99. The first-order valence-electron chi connectivity index (χ1n) is 4.99. The second kappa shape index (κ2) is 5.70. The van der Waals surface area contributed by atoms with Crippen LogP contribution in [0.4, 0.5) is 0 Å². The molecule has 0 rings (SSSR count). The molecule has 0 aliphatic rings. The summed E-state index contributed by atoms with van der Waals surface area (Å²) < 4.78 is 4.62. The van der Waals surface area contributed by atoms with Crippen molar-refractivity contribution in [3.63, 3.8) is 0 Å². The highest BCUT2D eigenvalue weighted by atomic mass is 16.5. The molecule has 0 unspecified atom stereocenters. The molecule has 0 saturated carbocycles. The zero-order valence-corrected chi connectivity index (χ0v) is 9.66. The number of amides is 1. The lowest BCUT2D eigenvalue weighted by atomic mass is 9.87. The van der Waals surface area contributed by atoms with Crippen molar-refractivity contribution in [2.75, 3.05) is 7.11 Å². The van der Waals surface area contributed by atoms with Crippen molar-refractivity contribution in [3.05, 3.63) is 0 Å². The van der Waals surface area contributed by atoms with Gasteiger partial charge in [-0.3, -0.25) is 4.79 Å². The van der Waals surface area contributed by atoms with Gasteiger partial charge in [0.15, 0.2) is 5.54 Å². The molecule has 2 atom stereocenters. The van der Waals surface area contributed by atoms with E-state index in [9.17, 15) is 14.7 Å². The Balaban J connectivity index is 5.09. The number of aliphatic hydroxyl groups is 1. The molecule has 0 heterocycles. The van der Waals surface area contributed by atoms with Gasteiger partial charge in [-0.05, 0) is 12.8 Å². The Labute approximate surface area is 89.8 Å². The fourth-order valence-corrected chi connectivity index (χ4v) is 1.58. The van der Waals surface area contributed by atoms with Gasteiger partial charge in [-0.15, -0.1) is 0 Å². The summed E-state index contributed by atoms with van der Waals surface area (Å²) >= 11 is 0. The van der Waals surface area contributed by atoms with Crippen LogP contribution in [-0.2, 0) is 14.3 Å². The maximum absolute atomic E-state index is 11.6. The van der Waals surface area contributed by atoms with E-state index in [1.807, 2.05) is 0 Å². The molecule has 0 fully saturated rings. The molecule has 0 aromatic rings. The predicted octanol–water partition coefficient (Wildman–Crippen LogP) is 0.215. The number of hydrogen-bond acceptors (Lipinski definition) is 4. The largest absolute Gasteiger partial charge is 0.467 e. The van der Waals surface area contributed by atoms with Gasteiger partial charge in [0.2, 0.25) is 5.91 Å². The fraction of sp³-hybridized carbons (Fsp3) is 0.800. The maximum atomic E-state index is 11.6. The lowest BCUT2D eigenvalue weighted by Gasteiger charge is -2.34. The Bertz CT molecular complexity index is 242. The number of ether oxygens (including phenoxy) is 1. The van der Waals surface area contributed by atoms with Crippen molar-refractivity contribution in [1.82, 2.24) is 5.32 Å². The van der Waals surface area contributed by atoms with Crippen LogP contribution in [-0.4, -0.2) is 35.7 Å². The maximum Gasteiger partial charge on any atom is 0.334 e. The van der Waals surface area contributed by atoms with E-state index in [0.717, 1.165) is 0 Å². The fourth-order valence-electron chi connectivity index (χ4n) is 1.58. The normalized spacial score (nSPS) is 16.3. The lowest BCUT2D eigenvalue weighted by Crippen LogP contribution is -2.61. The molecule has 5 nitrogen and oxygen atoms in total. The summed E-state index contributed by atoms with van der Waals surface area (Å²) in [6.45, 7) is 4.75. The van der Waals surface area contributed by atoms with Crippen molar-refractivity contribution in [1.29, 1.82) is 0 Å². The second-order valence-corrected chi connectivity index (χ2v) is 3.42. The summed E-state index contributed by atoms with van der Waals surface area (Å²) in [5, 5.41) is 12.3. The lowest BCUT2D eigenvalue weighted by molar-refractivity contribution is -0.157. The molecule has 15 heavy (non-hydrogen) atoms. The molecular weight excluding hydrogens is 198 g/mol. The molecule has 2 N–H and O–H groups in total. The average Bonchev–Trinajstić information content (AvgIpc) is 2.23. The van der Waals surface area contributed by atoms with E-state index in [4.69, 9.17) is 0 Å². The minimum Gasteiger partial charge on any atom is -0.467 e. The molecule has 0 aliphatic heterocycles. The molecule has 0 aliphatic carbocycles. The monoisotopic (exact) mass is 217 g/mol. The summed E-state index contributed by atoms with van der Waals surface area (Å²) in [7, 11) is 1.23. The Kier molecular flexibility index (Phi) is 5.28. The van der Waals surface area contributed by atoms with Gasteiger partial charge in [0, 0.05) is 6.92 Å². The van der Waals surface area contributed by atoms with Gasteiger partial charge in [0.1, 0.15) is 0 Å². The molecule has 0 aromatic carbocycles. The highest BCUT2D eigenvalue weighted by Crippen LogP contribution is 2.20. The minimum atomic E-state index is -1.32. The number of esters is 1. The topological polar surface area (TPSA) is 75.6 Å². The van der Waals surface area contributed by atoms with Crippen LogP contribution in [0.15, 0.2) is 0 Å². The van der Waals surface area contributed by atoms with Crippen LogP contribution >= 0.6 is 0 Å². The quantitative estimate of drug-likeness (QED) is 0.646. The van der Waals surface area contributed by atoms with Gasteiger partial charge in [-0.25, -0.2) is 4.79 Å². The van der Waals surface area contributed by atoms with Crippen molar-refractivity contribution in [3.8, 4) is 0 Å². The number of nitrogens with one attached hydrogen (secondary N) is 1. The van der Waals surface area contributed by atoms with Crippen LogP contribution in [0.3, 0.4) is 0 Å². The molecule has 0 saturated heterocycles. The zero-order chi connectivity index (χ0) is 12.1. The summed E-state index contributed by atoms with van der Waals surface area (Å²) in [5.41, 5.74) is -1.32. The van der Waals surface area contributed by atoms with E-state index in [0.29, 0.717) is 6.42 Å². The van der Waals surface area contributed by atoms with E-state index < -0.39 is 17.6 Å². The molecule has 88 valence electrons. The van der Waals surface area contributed by atoms with Crippen molar-refractivity contribution in [2.24, 2.45) is 0 Å². The van der Waals surface area contributed by atoms with Gasteiger partial charge in [0.25, 0.3) is 0 Å². The van der Waals surface area contributed by atoms with E-state index in [1.54, 1.807) is 13.8 Å². The van der Waals surface area contributed by atoms with Gasteiger partial charge < -0.3 is 15.2 Å². The number of hydrogen-bond donors (Lipinski definition) is 2. The van der Waals surface area contributed by atoms with Crippen LogP contribution in [0.5, 0.6) is 0 Å². The van der Waals surface area contributed by atoms with Crippen LogP contribution in [0.2, 0.25) is 0 Å². The number of carbonyl (C=O) groups excluding carboxylic acids is 2. The van der Waals surface area contributed by atoms with E-state index in [2.05, 4.69) is 10.1 Å². The van der Waals surface area contributed by atoms with E-state index >= 15 is 0 Å². The summed E-state index contributed by atoms with van der Waals surface area (Å²) in [6.07, 6.45) is -0.295. The molecule has 0 bridgehead atoms. The third-order valence-corrected chi connectivity index (χ3v) is 2.46. The van der Waals surface area contributed by atoms with Crippen LogP contribution < -0.4 is 5.32 Å². The van der Waals surface area contributed by atoms with Gasteiger partial charge in [-0.2, -0.15) is 0 Å². The third-order valence-electron chi connectivity index (χ3n) is 2.46. The van der Waals surface area contributed by atoms with E-state index in [-0.39, 0.29) is 12.3 Å². The number of methoxy groups -OCH3 is 1. The highest BCUT2D eigenvalue weighted by molar-refractivity contribution is 5.87. The first kappa shape index (κ1) is 13.9. The minimum absolute atomic E-state index is 0.286. The van der Waals surface area contributed by atoms with Crippen LogP contribution in [0.1, 0.15) is 33.6 Å². The van der Waals surface area contributed by atoms with Gasteiger partial charge in [0.05, 0.1) is 13.2 Å². The summed E-state index contributed by atoms with van der Waals surface area (Å²) in [6, 6.07) is 0. The average molecular weight is 217 g/mol. The second-order valence-electron chi connectivity index (χ2n) is 3.42. The highest BCUT2D eigenvalue weighted by Gasteiger charge is 2.44. The Hall–Kier alpha value is -1.10. The number of carbonyl (C=O) groups is 2. The van der Waals surface area contributed by atoms with Gasteiger partial charge in [-0.1, -0.05) is 13.8 Å². The molecule has 1 amide bonds. The van der Waals surface area contributed by atoms with Crippen LogP contribution in [0.25, 0.3) is 0 Å². The predicted molar refractivity (Wildman–Crippen MR) is 55.2 cm³/mol. The first-order chi connectivity index (χ1) is 6.94. The van der Waals surface area contributed by atoms with Gasteiger partial charge >= 0.3 is 5.97 Å². The molecular formula is C10H19NO4. The molecule has 0 spiro atoms.